The zero-order chi connectivity index (χ0) is 66.7. The smallest absolute Gasteiger partial charge is 0.302 e. The third-order valence-electron chi connectivity index (χ3n) is 17.3. The maximum absolute atomic E-state index is 12.1. The Balaban J connectivity index is 0.000000219. The lowest BCUT2D eigenvalue weighted by atomic mass is 9.78. The molecule has 4 aliphatic heterocycles. The van der Waals surface area contributed by atoms with Gasteiger partial charge in [-0.25, -0.2) is 0 Å². The molecule has 0 amide bonds. The molecule has 4 aromatic rings. The molecule has 0 radical (unpaired) electrons. The summed E-state index contributed by atoms with van der Waals surface area (Å²) in [4.78, 5) is 24.2. The van der Waals surface area contributed by atoms with Crippen molar-refractivity contribution in [2.75, 3.05) is 52.9 Å². The van der Waals surface area contributed by atoms with E-state index >= 15 is 0 Å². The predicted molar refractivity (Wildman–Crippen MR) is 315 cm³/mol. The Morgan fingerprint density at radius 1 is 0.359 bits per heavy atom. The van der Waals surface area contributed by atoms with Crippen molar-refractivity contribution >= 4 is 11.9 Å². The Labute approximate surface area is 526 Å². The van der Waals surface area contributed by atoms with Crippen molar-refractivity contribution in [3.05, 3.63) is 117 Å². The van der Waals surface area contributed by atoms with Crippen LogP contribution in [0.3, 0.4) is 0 Å². The SMILES string of the molecule is CC(=O)OCC1(COC(C)=O)c2cc(C#C[C@H]3O[C@H](CO)[C@@H](O)[C@H](O)[C@@H]3O)ccc2-c2ccc(C#C[C@H]3O[C@H](CO)[C@@H](O)[C@H](O)[C@@H]3O)cc21.OC[C@H]1O[C@H](C#Cc2ccc3c(c2)C(CO)(CO)c2cc(C#C[C@H]4O[C@H](CO)[C@@H](O)[C@H](O)[C@@H]4O)ccc2-3)[C@@H](O)[C@@H](O)[C@@H]1O. The molecule has 26 nitrogen and oxygen atoms in total. The first-order valence-electron chi connectivity index (χ1n) is 29.3. The van der Waals surface area contributed by atoms with Crippen LogP contribution < -0.4 is 0 Å². The van der Waals surface area contributed by atoms with Crippen molar-refractivity contribution in [3.8, 4) is 69.6 Å². The molecule has 4 aromatic carbocycles. The third-order valence-corrected chi connectivity index (χ3v) is 17.3. The highest BCUT2D eigenvalue weighted by atomic mass is 16.6. The second-order valence-electron chi connectivity index (χ2n) is 23.2. The van der Waals surface area contributed by atoms with Crippen molar-refractivity contribution in [1.29, 1.82) is 0 Å². The van der Waals surface area contributed by atoms with E-state index in [0.29, 0.717) is 55.6 Å². The second kappa shape index (κ2) is 29.2. The fraction of sp³-hybridized carbons (Fsp3) is 0.485. The van der Waals surface area contributed by atoms with Crippen molar-refractivity contribution < 1.29 is 130 Å². The molecule has 4 fully saturated rings. The van der Waals surface area contributed by atoms with Crippen LogP contribution in [0.25, 0.3) is 22.3 Å². The number of fused-ring (bicyclic) bond motifs is 6. The molecule has 18 N–H and O–H groups in total. The fourth-order valence-corrected chi connectivity index (χ4v) is 12.0. The van der Waals surface area contributed by atoms with Crippen LogP contribution in [0.2, 0.25) is 0 Å². The Hall–Kier alpha value is -6.82. The maximum atomic E-state index is 12.1. The second-order valence-corrected chi connectivity index (χ2v) is 23.2. The van der Waals surface area contributed by atoms with E-state index in [1.807, 2.05) is 0 Å². The number of aliphatic hydroxyl groups excluding tert-OH is 18. The lowest BCUT2D eigenvalue weighted by molar-refractivity contribution is -0.214. The molecule has 0 unspecified atom stereocenters. The Morgan fingerprint density at radius 2 is 0.587 bits per heavy atom. The Kier molecular flexibility index (Phi) is 22.1. The van der Waals surface area contributed by atoms with Gasteiger partial charge in [0.05, 0.1) is 50.5 Å². The van der Waals surface area contributed by atoms with Gasteiger partial charge in [0.2, 0.25) is 0 Å². The lowest BCUT2D eigenvalue weighted by Crippen LogP contribution is -2.58. The van der Waals surface area contributed by atoms with Crippen LogP contribution in [0.4, 0.5) is 0 Å². The van der Waals surface area contributed by atoms with Gasteiger partial charge < -0.3 is 120 Å². The monoisotopic (exact) mass is 1280 g/mol. The van der Waals surface area contributed by atoms with Gasteiger partial charge in [0, 0.05) is 36.1 Å². The highest BCUT2D eigenvalue weighted by Gasteiger charge is 2.49. The van der Waals surface area contributed by atoms with E-state index in [4.69, 9.17) is 28.4 Å². The number of aliphatic hydroxyl groups is 18. The van der Waals surface area contributed by atoms with Gasteiger partial charge in [0.15, 0.2) is 0 Å². The van der Waals surface area contributed by atoms with E-state index in [9.17, 15) is 102 Å². The van der Waals surface area contributed by atoms with Crippen LogP contribution >= 0.6 is 0 Å². The summed E-state index contributed by atoms with van der Waals surface area (Å²) in [7, 11) is 0. The summed E-state index contributed by atoms with van der Waals surface area (Å²) in [6, 6.07) is 20.7. The minimum Gasteiger partial charge on any atom is -0.464 e. The number of carbonyl (C=O) groups is 2. The summed E-state index contributed by atoms with van der Waals surface area (Å²) in [6.45, 7) is -1.32. The molecule has 10 rings (SSSR count). The molecular formula is C66H72O26. The first-order chi connectivity index (χ1) is 43.9. The molecule has 0 spiro atoms. The number of rotatable bonds is 10. The Bertz CT molecular complexity index is 3360. The first-order valence-corrected chi connectivity index (χ1v) is 29.3. The normalized spacial score (nSPS) is 32.7. The molecule has 20 atom stereocenters. The summed E-state index contributed by atoms with van der Waals surface area (Å²) in [5, 5.41) is 181. The number of hydrogen-bond donors (Lipinski definition) is 18. The molecule has 0 saturated carbocycles. The van der Waals surface area contributed by atoms with Crippen LogP contribution in [-0.4, -0.2) is 279 Å². The van der Waals surface area contributed by atoms with Gasteiger partial charge in [0.1, 0.15) is 135 Å². The van der Waals surface area contributed by atoms with Crippen LogP contribution in [0, 0.1) is 47.4 Å². The molecule has 92 heavy (non-hydrogen) atoms. The fourth-order valence-electron chi connectivity index (χ4n) is 12.0. The van der Waals surface area contributed by atoms with E-state index in [0.717, 1.165) is 11.1 Å². The summed E-state index contributed by atoms with van der Waals surface area (Å²) in [6.07, 6.45) is -27.8. The van der Waals surface area contributed by atoms with Gasteiger partial charge >= 0.3 is 11.9 Å². The summed E-state index contributed by atoms with van der Waals surface area (Å²) in [5.74, 6) is 21.3. The number of benzene rings is 4. The number of esters is 2. The van der Waals surface area contributed by atoms with Crippen LogP contribution in [-0.2, 0) is 48.8 Å². The molecule has 6 aliphatic rings. The molecular weight excluding hydrogens is 1210 g/mol. The predicted octanol–water partition coefficient (Wildman–Crippen LogP) is -6.21. The van der Waals surface area contributed by atoms with E-state index in [-0.39, 0.29) is 13.2 Å². The lowest BCUT2D eigenvalue weighted by Gasteiger charge is -2.37. The zero-order valence-electron chi connectivity index (χ0n) is 49.4. The molecule has 0 aromatic heterocycles. The van der Waals surface area contributed by atoms with Crippen LogP contribution in [0.5, 0.6) is 0 Å². The summed E-state index contributed by atoms with van der Waals surface area (Å²) >= 11 is 0. The topological polar surface area (TPSA) is 454 Å². The highest BCUT2D eigenvalue weighted by molar-refractivity contribution is 5.84. The van der Waals surface area contributed by atoms with Gasteiger partial charge in [-0.3, -0.25) is 9.59 Å². The average Bonchev–Trinajstić information content (AvgIpc) is 1.58. The van der Waals surface area contributed by atoms with Gasteiger partial charge in [-0.2, -0.15) is 0 Å². The van der Waals surface area contributed by atoms with Crippen molar-refractivity contribution in [2.24, 2.45) is 0 Å². The summed E-state index contributed by atoms with van der Waals surface area (Å²) < 4.78 is 33.0. The molecule has 2 aliphatic carbocycles. The number of carbonyl (C=O) groups excluding carboxylic acids is 2. The molecule has 492 valence electrons. The van der Waals surface area contributed by atoms with Crippen molar-refractivity contribution in [2.45, 2.75) is 147 Å². The quantitative estimate of drug-likeness (QED) is 0.0519. The van der Waals surface area contributed by atoms with Crippen LogP contribution in [0.15, 0.2) is 72.8 Å². The number of hydrogen-bond acceptors (Lipinski definition) is 26. The minimum absolute atomic E-state index is 0.247. The molecule has 0 bridgehead atoms. The Morgan fingerprint density at radius 3 is 0.793 bits per heavy atom. The van der Waals surface area contributed by atoms with Crippen molar-refractivity contribution in [1.82, 2.24) is 0 Å². The molecule has 4 heterocycles. The van der Waals surface area contributed by atoms with Gasteiger partial charge in [-0.15, -0.1) is 0 Å². The van der Waals surface area contributed by atoms with E-state index in [2.05, 4.69) is 47.4 Å². The zero-order valence-corrected chi connectivity index (χ0v) is 49.4. The van der Waals surface area contributed by atoms with Gasteiger partial charge in [-0.1, -0.05) is 71.6 Å². The van der Waals surface area contributed by atoms with Gasteiger partial charge in [-0.05, 0) is 93.0 Å². The van der Waals surface area contributed by atoms with Crippen LogP contribution in [0.1, 0.15) is 58.4 Å². The highest BCUT2D eigenvalue weighted by Crippen LogP contribution is 2.51. The average molecular weight is 1280 g/mol. The molecule has 4 saturated heterocycles. The molecule has 26 heteroatoms. The van der Waals surface area contributed by atoms with Crippen molar-refractivity contribution in [3.63, 3.8) is 0 Å². The largest absolute Gasteiger partial charge is 0.464 e. The van der Waals surface area contributed by atoms with E-state index < -0.39 is 184 Å². The van der Waals surface area contributed by atoms with E-state index in [1.165, 1.54) is 13.8 Å². The standard InChI is InChI=1S/C35H38O14.C31H34O12/c1-17(38)46-15-35(16-47-18(2)39)23-11-19(5-9-25-29(40)33(44)31(42)27(13-36)48-25)3-7-21(23)22-8-4-20(12-24(22)35)6-10-26-30(41)34(45)32(43)28(14-37)49-26;32-11-23-27(38)29(40)25(36)21(42-23)7-3-15-1-5-17-18-6-2-16(10-20(18)31(13-34,14-35)19(17)9-15)4-8-22-26(37)30(41)28(39)24(12-33)43-22/h3-4,7-8,11-12,25-34,36-37,40-45H,13-16H2,1-2H3;1-2,5-6,9-10,21-30,32-41H,11-14H2/t25-,26-,27-,28-,29-,30-,31-,32-,33-,34-;21-,22-,23-,24-,25-,26-,27-,28-,29-,30-/m11/s1. The van der Waals surface area contributed by atoms with E-state index in [1.54, 1.807) is 72.8 Å². The number of ether oxygens (including phenoxy) is 6. The first kappa shape index (κ1) is 69.5. The minimum atomic E-state index is -1.60. The van der Waals surface area contributed by atoms with Gasteiger partial charge in [0.25, 0.3) is 0 Å². The summed E-state index contributed by atoms with van der Waals surface area (Å²) in [5.41, 5.74) is 4.53. The maximum Gasteiger partial charge on any atom is 0.302 e. The third kappa shape index (κ3) is 13.6.